The van der Waals surface area contributed by atoms with E-state index in [4.69, 9.17) is 5.11 Å². The topological polar surface area (TPSA) is 131 Å². The number of nitrogens with zero attached hydrogens (tertiary/aromatic N) is 3. The van der Waals surface area contributed by atoms with E-state index in [0.29, 0.717) is 11.0 Å². The molecule has 1 unspecified atom stereocenters. The van der Waals surface area contributed by atoms with Crippen molar-refractivity contribution in [2.45, 2.75) is 22.8 Å². The van der Waals surface area contributed by atoms with Gasteiger partial charge in [0.1, 0.15) is 0 Å². The van der Waals surface area contributed by atoms with Crippen molar-refractivity contribution in [3.63, 3.8) is 0 Å². The Balaban J connectivity index is 1.91. The van der Waals surface area contributed by atoms with Gasteiger partial charge in [-0.2, -0.15) is 0 Å². The number of alkyl halides is 4. The summed E-state index contributed by atoms with van der Waals surface area (Å²) in [5.41, 5.74) is 1.27. The second kappa shape index (κ2) is 10.1. The van der Waals surface area contributed by atoms with Gasteiger partial charge in [-0.3, -0.25) is 0 Å². The molecule has 0 spiro atoms. The second-order valence-corrected chi connectivity index (χ2v) is 13.4. The van der Waals surface area contributed by atoms with Crippen LogP contribution in [0.1, 0.15) is 17.6 Å². The molecule has 2 N–H and O–H groups in total. The van der Waals surface area contributed by atoms with Crippen LogP contribution in [0.15, 0.2) is 36.9 Å². The van der Waals surface area contributed by atoms with Crippen molar-refractivity contribution in [3.8, 4) is 0 Å². The third-order valence-corrected chi connectivity index (χ3v) is 9.01. The number of aromatic nitrogens is 3. The van der Waals surface area contributed by atoms with E-state index in [2.05, 4.69) is 15.3 Å². The minimum atomic E-state index is -1.98. The number of carboxylic acids is 1. The zero-order valence-electron chi connectivity index (χ0n) is 17.4. The van der Waals surface area contributed by atoms with Crippen LogP contribution in [0.4, 0.5) is 4.39 Å². The number of carbonyl (C=O) groups is 4. The average molecular weight is 556 g/mol. The number of Topliss-reactive ketones (excluding diaryl/α,β-unsaturated/α-hetero) is 1. The molecule has 0 bridgehead atoms. The Kier molecular flexibility index (Phi) is 7.48. The summed E-state index contributed by atoms with van der Waals surface area (Å²) in [6.07, 6.45) is 5.58. The van der Waals surface area contributed by atoms with Gasteiger partial charge in [-0.05, 0) is 0 Å². The number of amides is 1. The van der Waals surface area contributed by atoms with Gasteiger partial charge in [0, 0.05) is 0 Å². The third kappa shape index (κ3) is 4.92. The average Bonchev–Trinajstić information content (AvgIpc) is 3.10. The normalized spacial score (nSPS) is 13.5. The van der Waals surface area contributed by atoms with Gasteiger partial charge in [-0.15, -0.1) is 0 Å². The number of halogens is 2. The minimum absolute atomic E-state index is 0.128. The summed E-state index contributed by atoms with van der Waals surface area (Å²) in [4.78, 5) is 61.0. The summed E-state index contributed by atoms with van der Waals surface area (Å²) < 4.78 is 13.7. The Morgan fingerprint density at radius 2 is 1.62 bits per heavy atom. The van der Waals surface area contributed by atoms with Gasteiger partial charge < -0.3 is 0 Å². The number of nitrogens with one attached hydrogen (secondary N) is 1. The van der Waals surface area contributed by atoms with Crippen LogP contribution in [0.5, 0.6) is 0 Å². The van der Waals surface area contributed by atoms with Gasteiger partial charge in [0.25, 0.3) is 0 Å². The van der Waals surface area contributed by atoms with E-state index in [1.165, 1.54) is 4.57 Å². The summed E-state index contributed by atoms with van der Waals surface area (Å²) in [5, 5.41) is 12.8. The van der Waals surface area contributed by atoms with Crippen LogP contribution in [0.2, 0.25) is 0 Å². The molecule has 0 aliphatic carbocycles. The SMILES string of the molecule is CI(C)[C@H](CC(=O)n1c2ccncc2c2cnccc21)C(=O)NC(CC(=O)O)C(=O)CF. The zero-order chi connectivity index (χ0) is 23.4. The quantitative estimate of drug-likeness (QED) is 0.305. The molecule has 0 aromatic carbocycles. The van der Waals surface area contributed by atoms with Crippen molar-refractivity contribution in [3.05, 3.63) is 36.9 Å². The van der Waals surface area contributed by atoms with E-state index in [1.54, 1.807) is 36.9 Å². The molecule has 0 saturated carbocycles. The predicted molar refractivity (Wildman–Crippen MR) is 125 cm³/mol. The van der Waals surface area contributed by atoms with E-state index in [-0.39, 0.29) is 12.3 Å². The molecule has 3 aromatic heterocycles. The number of fused-ring (bicyclic) bond motifs is 3. The predicted octanol–water partition coefficient (Wildman–Crippen LogP) is 2.25. The third-order valence-electron chi connectivity index (χ3n) is 5.00. The first-order chi connectivity index (χ1) is 15.2. The molecule has 3 heterocycles. The van der Waals surface area contributed by atoms with Crippen LogP contribution >= 0.6 is 19.8 Å². The Bertz CT molecular complexity index is 1140. The van der Waals surface area contributed by atoms with E-state index < -0.39 is 60.5 Å². The molecule has 32 heavy (non-hydrogen) atoms. The first-order valence-electron chi connectivity index (χ1n) is 9.55. The number of aliphatic carboxylic acids is 1. The first kappa shape index (κ1) is 23.7. The van der Waals surface area contributed by atoms with E-state index >= 15 is 0 Å². The van der Waals surface area contributed by atoms with Crippen molar-refractivity contribution in [2.24, 2.45) is 0 Å². The van der Waals surface area contributed by atoms with Crippen molar-refractivity contribution >= 4 is 65.2 Å². The summed E-state index contributed by atoms with van der Waals surface area (Å²) in [6, 6.07) is 1.95. The molecule has 170 valence electrons. The zero-order valence-corrected chi connectivity index (χ0v) is 19.6. The van der Waals surface area contributed by atoms with Gasteiger partial charge >= 0.3 is 190 Å². The Labute approximate surface area is 189 Å². The fourth-order valence-electron chi connectivity index (χ4n) is 3.44. The number of hydrogen-bond acceptors (Lipinski definition) is 6. The molecule has 0 aliphatic heterocycles. The Morgan fingerprint density at radius 1 is 1.06 bits per heavy atom. The van der Waals surface area contributed by atoms with E-state index in [0.717, 1.165) is 10.8 Å². The van der Waals surface area contributed by atoms with Crippen LogP contribution in [-0.4, -0.2) is 69.7 Å². The number of hydrogen-bond donors (Lipinski definition) is 2. The molecule has 3 rings (SSSR count). The summed E-state index contributed by atoms with van der Waals surface area (Å²) in [6.45, 7) is -1.38. The van der Waals surface area contributed by atoms with E-state index in [1.807, 2.05) is 9.86 Å². The maximum atomic E-state index is 13.4. The molecule has 9 nitrogen and oxygen atoms in total. The first-order valence-corrected chi connectivity index (χ1v) is 15.1. The Morgan fingerprint density at radius 3 is 2.09 bits per heavy atom. The van der Waals surface area contributed by atoms with Gasteiger partial charge in [0.2, 0.25) is 0 Å². The number of carboxylic acid groups (broad SMARTS) is 1. The molecule has 0 saturated heterocycles. The standard InChI is InChI=1S/C21H22FIN4O5/c1-23(2)14(21(32)26-15(8-20(30)31)18(28)9-22)7-19(29)27-16-3-5-24-10-12(16)13-11-25-6-4-17(13)27/h3-6,10-11,14-15H,7-9H2,1-2H3,(H,26,32)(H,30,31)/t14-,15?/m1/s1. The number of pyridine rings is 2. The number of ketones is 1. The molecule has 0 radical (unpaired) electrons. The fraction of sp³-hybridized carbons (Fsp3) is 0.333. The van der Waals surface area contributed by atoms with E-state index in [9.17, 15) is 23.6 Å². The molecule has 1 amide bonds. The molecule has 3 aromatic rings. The van der Waals surface area contributed by atoms with Crippen molar-refractivity contribution in [1.29, 1.82) is 0 Å². The van der Waals surface area contributed by atoms with Gasteiger partial charge in [0.15, 0.2) is 0 Å². The van der Waals surface area contributed by atoms with Crippen LogP contribution < -0.4 is 5.32 Å². The molecule has 2 atom stereocenters. The maximum absolute atomic E-state index is 13.4. The van der Waals surface area contributed by atoms with Crippen LogP contribution in [0.25, 0.3) is 21.8 Å². The summed E-state index contributed by atoms with van der Waals surface area (Å²) in [7, 11) is 0. The second-order valence-electron chi connectivity index (χ2n) is 7.26. The van der Waals surface area contributed by atoms with Gasteiger partial charge in [0.05, 0.1) is 0 Å². The van der Waals surface area contributed by atoms with Crippen molar-refractivity contribution in [2.75, 3.05) is 16.5 Å². The number of rotatable bonds is 9. The van der Waals surface area contributed by atoms with Gasteiger partial charge in [-0.1, -0.05) is 0 Å². The monoisotopic (exact) mass is 556 g/mol. The molecular weight excluding hydrogens is 534 g/mol. The van der Waals surface area contributed by atoms with Crippen LogP contribution in [0, 0.1) is 0 Å². The molecule has 11 heteroatoms. The summed E-state index contributed by atoms with van der Waals surface area (Å²) in [5.74, 6) is -3.27. The Hall–Kier alpha value is -2.96. The van der Waals surface area contributed by atoms with Crippen LogP contribution in [0.3, 0.4) is 0 Å². The molecular formula is C21H22FIN4O5. The molecule has 0 fully saturated rings. The van der Waals surface area contributed by atoms with Gasteiger partial charge in [-0.25, -0.2) is 0 Å². The molecule has 0 aliphatic rings. The van der Waals surface area contributed by atoms with Crippen molar-refractivity contribution in [1.82, 2.24) is 19.9 Å². The number of carbonyl (C=O) groups excluding carboxylic acids is 3. The summed E-state index contributed by atoms with van der Waals surface area (Å²) >= 11 is -1.98. The fourth-order valence-corrected chi connectivity index (χ4v) is 6.01. The van der Waals surface area contributed by atoms with Crippen LogP contribution in [-0.2, 0) is 14.4 Å². The van der Waals surface area contributed by atoms with Crippen molar-refractivity contribution < 1.29 is 28.7 Å².